The third kappa shape index (κ3) is 2.33. The van der Waals surface area contributed by atoms with E-state index in [1.165, 1.54) is 31.3 Å². The number of hydrogen-bond donors (Lipinski definition) is 1. The lowest BCUT2D eigenvalue weighted by Crippen LogP contribution is -2.17. The number of rotatable bonds is 2. The average molecular weight is 154 g/mol. The Morgan fingerprint density at radius 2 is 1.91 bits per heavy atom. The summed E-state index contributed by atoms with van der Waals surface area (Å²) in [4.78, 5) is 0. The Hall–Kier alpha value is -0.300. The molecule has 0 heterocycles. The van der Waals surface area contributed by atoms with Crippen molar-refractivity contribution in [3.63, 3.8) is 0 Å². The van der Waals surface area contributed by atoms with E-state index in [9.17, 15) is 0 Å². The van der Waals surface area contributed by atoms with E-state index in [4.69, 9.17) is 5.11 Å². The summed E-state index contributed by atoms with van der Waals surface area (Å²) < 4.78 is 0. The van der Waals surface area contributed by atoms with Crippen LogP contribution < -0.4 is 0 Å². The molecule has 0 spiro atoms. The summed E-state index contributed by atoms with van der Waals surface area (Å²) in [5.41, 5.74) is 1.32. The van der Waals surface area contributed by atoms with E-state index in [0.717, 1.165) is 5.92 Å². The molecule has 64 valence electrons. The lowest BCUT2D eigenvalue weighted by atomic mass is 9.80. The van der Waals surface area contributed by atoms with Gasteiger partial charge in [0.2, 0.25) is 0 Å². The number of aliphatic hydroxyl groups is 1. The molecule has 1 aliphatic rings. The number of aliphatic hydroxyl groups excluding tert-OH is 1. The Kier molecular flexibility index (Phi) is 3.13. The van der Waals surface area contributed by atoms with Crippen molar-refractivity contribution in [2.45, 2.75) is 32.6 Å². The van der Waals surface area contributed by atoms with Crippen LogP contribution in [0.4, 0.5) is 0 Å². The molecule has 0 aromatic carbocycles. The van der Waals surface area contributed by atoms with Crippen LogP contribution in [0.5, 0.6) is 0 Å². The monoisotopic (exact) mass is 154 g/mol. The molecule has 0 unspecified atom stereocenters. The lowest BCUT2D eigenvalue weighted by Gasteiger charge is -2.27. The second-order valence-corrected chi connectivity index (χ2v) is 3.75. The molecule has 0 aromatic heterocycles. The zero-order chi connectivity index (χ0) is 8.27. The molecule has 1 N–H and O–H groups in total. The normalized spacial score (nSPS) is 31.8. The highest BCUT2D eigenvalue weighted by molar-refractivity contribution is 4.97. The van der Waals surface area contributed by atoms with Gasteiger partial charge in [0.15, 0.2) is 0 Å². The molecular weight excluding hydrogens is 136 g/mol. The molecule has 1 aliphatic carbocycles. The largest absolute Gasteiger partial charge is 0.396 e. The smallest absolute Gasteiger partial charge is 0.0459 e. The van der Waals surface area contributed by atoms with Gasteiger partial charge in [-0.15, -0.1) is 0 Å². The lowest BCUT2D eigenvalue weighted by molar-refractivity contribution is 0.175. The fraction of sp³-hybridized carbons (Fsp3) is 0.800. The standard InChI is InChI=1S/C10H18O/c1-8(2)10-5-3-9(7-11)4-6-10/h9-11H,1,3-7H2,2H3/t9-,10+. The Balaban J connectivity index is 2.30. The Bertz CT molecular complexity index is 132. The molecule has 0 radical (unpaired) electrons. The van der Waals surface area contributed by atoms with Gasteiger partial charge in [0.05, 0.1) is 0 Å². The summed E-state index contributed by atoms with van der Waals surface area (Å²) in [6, 6.07) is 0. The van der Waals surface area contributed by atoms with Crippen molar-refractivity contribution in [3.8, 4) is 0 Å². The molecule has 1 heteroatoms. The van der Waals surface area contributed by atoms with Crippen molar-refractivity contribution in [1.82, 2.24) is 0 Å². The molecular formula is C10H18O. The van der Waals surface area contributed by atoms with Gasteiger partial charge in [-0.2, -0.15) is 0 Å². The van der Waals surface area contributed by atoms with Crippen molar-refractivity contribution in [2.75, 3.05) is 6.61 Å². The van der Waals surface area contributed by atoms with Crippen LogP contribution in [0.25, 0.3) is 0 Å². The summed E-state index contributed by atoms with van der Waals surface area (Å²) in [6.45, 7) is 6.46. The predicted octanol–water partition coefficient (Wildman–Crippen LogP) is 2.36. The molecule has 0 amide bonds. The van der Waals surface area contributed by atoms with Crippen molar-refractivity contribution < 1.29 is 5.11 Å². The van der Waals surface area contributed by atoms with Gasteiger partial charge in [0.1, 0.15) is 0 Å². The second-order valence-electron chi connectivity index (χ2n) is 3.75. The minimum atomic E-state index is 0.378. The zero-order valence-electron chi connectivity index (χ0n) is 7.34. The van der Waals surface area contributed by atoms with Gasteiger partial charge in [-0.1, -0.05) is 12.2 Å². The van der Waals surface area contributed by atoms with Crippen LogP contribution in [0.2, 0.25) is 0 Å². The SMILES string of the molecule is C=C(C)[C@H]1CC[C@@H](CO)CC1. The summed E-state index contributed by atoms with van der Waals surface area (Å²) in [6.07, 6.45) is 4.85. The van der Waals surface area contributed by atoms with Crippen LogP contribution >= 0.6 is 0 Å². The zero-order valence-corrected chi connectivity index (χ0v) is 7.34. The maximum atomic E-state index is 8.89. The fourth-order valence-electron chi connectivity index (χ4n) is 1.84. The van der Waals surface area contributed by atoms with Crippen LogP contribution in [0.3, 0.4) is 0 Å². The van der Waals surface area contributed by atoms with E-state index in [2.05, 4.69) is 13.5 Å². The molecule has 0 saturated heterocycles. The maximum absolute atomic E-state index is 8.89. The second kappa shape index (κ2) is 3.91. The molecule has 0 aliphatic heterocycles. The summed E-state index contributed by atoms with van der Waals surface area (Å²) in [7, 11) is 0. The first-order valence-corrected chi connectivity index (χ1v) is 4.50. The number of hydrogen-bond acceptors (Lipinski definition) is 1. The van der Waals surface area contributed by atoms with Crippen LogP contribution in [0.15, 0.2) is 12.2 Å². The average Bonchev–Trinajstić information content (AvgIpc) is 2.05. The Labute approximate surface area is 69.1 Å². The van der Waals surface area contributed by atoms with Crippen molar-refractivity contribution in [1.29, 1.82) is 0 Å². The highest BCUT2D eigenvalue weighted by Crippen LogP contribution is 2.31. The highest BCUT2D eigenvalue weighted by atomic mass is 16.3. The van der Waals surface area contributed by atoms with E-state index >= 15 is 0 Å². The molecule has 1 rings (SSSR count). The van der Waals surface area contributed by atoms with Crippen molar-refractivity contribution >= 4 is 0 Å². The first kappa shape index (κ1) is 8.79. The predicted molar refractivity (Wildman–Crippen MR) is 47.3 cm³/mol. The van der Waals surface area contributed by atoms with Gasteiger partial charge < -0.3 is 5.11 Å². The molecule has 0 bridgehead atoms. The molecule has 0 atom stereocenters. The van der Waals surface area contributed by atoms with Gasteiger partial charge in [-0.05, 0) is 44.4 Å². The summed E-state index contributed by atoms with van der Waals surface area (Å²) in [5.74, 6) is 1.31. The van der Waals surface area contributed by atoms with Gasteiger partial charge in [-0.25, -0.2) is 0 Å². The molecule has 0 aromatic rings. The maximum Gasteiger partial charge on any atom is 0.0459 e. The van der Waals surface area contributed by atoms with Gasteiger partial charge in [-0.3, -0.25) is 0 Å². The van der Waals surface area contributed by atoms with Crippen LogP contribution in [0.1, 0.15) is 32.6 Å². The van der Waals surface area contributed by atoms with E-state index in [0.29, 0.717) is 12.5 Å². The van der Waals surface area contributed by atoms with Crippen molar-refractivity contribution in [3.05, 3.63) is 12.2 Å². The van der Waals surface area contributed by atoms with E-state index in [1.54, 1.807) is 0 Å². The molecule has 1 nitrogen and oxygen atoms in total. The minimum Gasteiger partial charge on any atom is -0.396 e. The van der Waals surface area contributed by atoms with E-state index in [-0.39, 0.29) is 0 Å². The molecule has 1 fully saturated rings. The first-order chi connectivity index (χ1) is 5.24. The Morgan fingerprint density at radius 1 is 1.36 bits per heavy atom. The number of allylic oxidation sites excluding steroid dienone is 1. The third-order valence-corrected chi connectivity index (χ3v) is 2.80. The van der Waals surface area contributed by atoms with Gasteiger partial charge >= 0.3 is 0 Å². The highest BCUT2D eigenvalue weighted by Gasteiger charge is 2.20. The van der Waals surface area contributed by atoms with Gasteiger partial charge in [0.25, 0.3) is 0 Å². The van der Waals surface area contributed by atoms with Crippen LogP contribution in [-0.4, -0.2) is 11.7 Å². The van der Waals surface area contributed by atoms with E-state index < -0.39 is 0 Å². The van der Waals surface area contributed by atoms with Crippen LogP contribution in [-0.2, 0) is 0 Å². The quantitative estimate of drug-likeness (QED) is 0.605. The summed E-state index contributed by atoms with van der Waals surface area (Å²) >= 11 is 0. The van der Waals surface area contributed by atoms with E-state index in [1.807, 2.05) is 0 Å². The van der Waals surface area contributed by atoms with Gasteiger partial charge in [0, 0.05) is 6.61 Å². The third-order valence-electron chi connectivity index (χ3n) is 2.80. The molecule has 11 heavy (non-hydrogen) atoms. The van der Waals surface area contributed by atoms with Crippen LogP contribution in [0, 0.1) is 11.8 Å². The fourth-order valence-corrected chi connectivity index (χ4v) is 1.84. The topological polar surface area (TPSA) is 20.2 Å². The molecule has 1 saturated carbocycles. The summed E-state index contributed by atoms with van der Waals surface area (Å²) in [5, 5.41) is 8.89. The Morgan fingerprint density at radius 3 is 2.27 bits per heavy atom. The first-order valence-electron chi connectivity index (χ1n) is 4.50. The van der Waals surface area contributed by atoms with Crippen molar-refractivity contribution in [2.24, 2.45) is 11.8 Å². The minimum absolute atomic E-state index is 0.378.